The molecule has 0 aliphatic carbocycles. The summed E-state index contributed by atoms with van der Waals surface area (Å²) in [6, 6.07) is 6.49. The number of hydrogen-bond donors (Lipinski definition) is 0. The highest BCUT2D eigenvalue weighted by Gasteiger charge is 2.22. The van der Waals surface area contributed by atoms with Crippen LogP contribution in [-0.4, -0.2) is 26.8 Å². The second-order valence-electron chi connectivity index (χ2n) is 5.94. The van der Waals surface area contributed by atoms with Gasteiger partial charge in [0.2, 0.25) is 5.95 Å². The third kappa shape index (κ3) is 3.10. The Bertz CT molecular complexity index is 622. The molecule has 5 nitrogen and oxygen atoms in total. The smallest absolute Gasteiger partial charge is 0.250 e. The molecule has 1 aromatic carbocycles. The lowest BCUT2D eigenvalue weighted by Crippen LogP contribution is -2.23. The first kappa shape index (κ1) is 14.5. The largest absolute Gasteiger partial charge is 0.309 e. The van der Waals surface area contributed by atoms with Crippen LogP contribution in [-0.2, 0) is 13.0 Å². The first-order chi connectivity index (χ1) is 10.1. The third-order valence-electron chi connectivity index (χ3n) is 3.71. The predicted octanol–water partition coefficient (Wildman–Crippen LogP) is 3.57. The van der Waals surface area contributed by atoms with Crippen molar-refractivity contribution in [3.63, 3.8) is 0 Å². The van der Waals surface area contributed by atoms with Crippen LogP contribution >= 0.6 is 15.9 Å². The molecule has 0 saturated heterocycles. The maximum absolute atomic E-state index is 4.28. The zero-order chi connectivity index (χ0) is 14.8. The fourth-order valence-electron chi connectivity index (χ4n) is 2.77. The zero-order valence-corrected chi connectivity index (χ0v) is 14.0. The first-order valence-electron chi connectivity index (χ1n) is 7.47. The number of aryl methyl sites for hydroxylation is 1. The summed E-state index contributed by atoms with van der Waals surface area (Å²) < 4.78 is 3.01. The lowest BCUT2D eigenvalue weighted by molar-refractivity contribution is 0.472. The maximum Gasteiger partial charge on any atom is 0.250 e. The van der Waals surface area contributed by atoms with Crippen molar-refractivity contribution < 1.29 is 0 Å². The maximum atomic E-state index is 4.28. The van der Waals surface area contributed by atoms with Crippen molar-refractivity contribution in [2.24, 2.45) is 5.92 Å². The molecule has 0 fully saturated rings. The molecule has 2 heterocycles. The highest BCUT2D eigenvalue weighted by atomic mass is 79.9. The number of aromatic nitrogens is 4. The monoisotopic (exact) mass is 349 g/mol. The van der Waals surface area contributed by atoms with E-state index in [0.717, 1.165) is 36.4 Å². The summed E-state index contributed by atoms with van der Waals surface area (Å²) in [4.78, 5) is 2.26. The zero-order valence-electron chi connectivity index (χ0n) is 12.5. The van der Waals surface area contributed by atoms with Gasteiger partial charge in [0.05, 0.1) is 0 Å². The molecule has 0 amide bonds. The van der Waals surface area contributed by atoms with Gasteiger partial charge in [0.15, 0.2) is 0 Å². The normalized spacial score (nSPS) is 15.1. The Hall–Kier alpha value is -1.43. The number of fused-ring (bicyclic) bond motifs is 1. The van der Waals surface area contributed by atoms with E-state index in [2.05, 4.69) is 68.4 Å². The number of halogens is 1. The number of hydrogen-bond acceptors (Lipinski definition) is 4. The van der Waals surface area contributed by atoms with Gasteiger partial charge in [-0.05, 0) is 53.3 Å². The van der Waals surface area contributed by atoms with Crippen LogP contribution in [0.25, 0.3) is 0 Å². The number of nitrogens with zero attached hydrogens (tertiary/aromatic N) is 5. The average Bonchev–Trinajstić information content (AvgIpc) is 2.77. The molecule has 6 heteroatoms. The van der Waals surface area contributed by atoms with E-state index in [9.17, 15) is 0 Å². The predicted molar refractivity (Wildman–Crippen MR) is 86.7 cm³/mol. The van der Waals surface area contributed by atoms with E-state index in [1.807, 2.05) is 4.68 Å². The van der Waals surface area contributed by atoms with Crippen LogP contribution in [0.2, 0.25) is 0 Å². The van der Waals surface area contributed by atoms with Gasteiger partial charge in [-0.3, -0.25) is 0 Å². The van der Waals surface area contributed by atoms with Gasteiger partial charge in [-0.2, -0.15) is 0 Å². The van der Waals surface area contributed by atoms with Crippen molar-refractivity contribution in [1.82, 2.24) is 20.2 Å². The van der Waals surface area contributed by atoms with Crippen LogP contribution in [0.15, 0.2) is 22.7 Å². The van der Waals surface area contributed by atoms with Crippen molar-refractivity contribution in [1.29, 1.82) is 0 Å². The number of benzene rings is 1. The summed E-state index contributed by atoms with van der Waals surface area (Å²) in [5.41, 5.74) is 2.59. The quantitative estimate of drug-likeness (QED) is 0.849. The van der Waals surface area contributed by atoms with E-state index in [1.54, 1.807) is 0 Å². The van der Waals surface area contributed by atoms with E-state index in [0.29, 0.717) is 5.92 Å². The Morgan fingerprint density at radius 3 is 2.95 bits per heavy atom. The number of rotatable bonds is 3. The highest BCUT2D eigenvalue weighted by Crippen LogP contribution is 2.33. The van der Waals surface area contributed by atoms with Crippen molar-refractivity contribution >= 4 is 27.6 Å². The molecule has 1 aromatic heterocycles. The molecule has 2 aromatic rings. The molecule has 1 aliphatic rings. The van der Waals surface area contributed by atoms with Gasteiger partial charge in [-0.1, -0.05) is 40.9 Å². The van der Waals surface area contributed by atoms with Crippen LogP contribution in [0.4, 0.5) is 11.6 Å². The van der Waals surface area contributed by atoms with E-state index >= 15 is 0 Å². The molecule has 112 valence electrons. The molecule has 3 rings (SSSR count). The second-order valence-corrected chi connectivity index (χ2v) is 6.85. The Kier molecular flexibility index (Phi) is 4.24. The lowest BCUT2D eigenvalue weighted by atomic mass is 10.1. The Morgan fingerprint density at radius 2 is 2.14 bits per heavy atom. The summed E-state index contributed by atoms with van der Waals surface area (Å²) in [5.74, 6) is 1.37. The van der Waals surface area contributed by atoms with Crippen molar-refractivity contribution in [2.75, 3.05) is 11.4 Å². The summed E-state index contributed by atoms with van der Waals surface area (Å²) >= 11 is 3.58. The minimum Gasteiger partial charge on any atom is -0.309 e. The van der Waals surface area contributed by atoms with Gasteiger partial charge in [-0.25, -0.2) is 4.68 Å². The van der Waals surface area contributed by atoms with Crippen LogP contribution in [0.1, 0.15) is 32.3 Å². The van der Waals surface area contributed by atoms with E-state index in [4.69, 9.17) is 0 Å². The average molecular weight is 350 g/mol. The molecule has 21 heavy (non-hydrogen) atoms. The van der Waals surface area contributed by atoms with Crippen LogP contribution in [0.3, 0.4) is 0 Å². The summed E-state index contributed by atoms with van der Waals surface area (Å²) in [5, 5.41) is 12.3. The van der Waals surface area contributed by atoms with Gasteiger partial charge in [0.1, 0.15) is 0 Å². The topological polar surface area (TPSA) is 46.8 Å². The standard InChI is InChI=1S/C15H20BrN5/c1-11(2)10-21-15(17-18-19-21)20-8-4-3-5-12-6-7-13(16)9-14(12)20/h6-7,9,11H,3-5,8,10H2,1-2H3. The summed E-state index contributed by atoms with van der Waals surface area (Å²) in [6.45, 7) is 6.15. The van der Waals surface area contributed by atoms with Gasteiger partial charge in [0.25, 0.3) is 0 Å². The van der Waals surface area contributed by atoms with Crippen molar-refractivity contribution in [3.8, 4) is 0 Å². The highest BCUT2D eigenvalue weighted by molar-refractivity contribution is 9.10. The van der Waals surface area contributed by atoms with E-state index in [1.165, 1.54) is 17.7 Å². The minimum absolute atomic E-state index is 0.515. The Morgan fingerprint density at radius 1 is 1.29 bits per heavy atom. The number of anilines is 2. The minimum atomic E-state index is 0.515. The third-order valence-corrected chi connectivity index (χ3v) is 4.20. The van der Waals surface area contributed by atoms with Crippen LogP contribution in [0, 0.1) is 5.92 Å². The molecule has 0 radical (unpaired) electrons. The Labute approximate surface area is 133 Å². The molecule has 0 N–H and O–H groups in total. The van der Waals surface area contributed by atoms with Gasteiger partial charge in [-0.15, -0.1) is 0 Å². The molecule has 0 bridgehead atoms. The molecular weight excluding hydrogens is 330 g/mol. The van der Waals surface area contributed by atoms with E-state index < -0.39 is 0 Å². The van der Waals surface area contributed by atoms with E-state index in [-0.39, 0.29) is 0 Å². The molecule has 0 atom stereocenters. The molecule has 0 unspecified atom stereocenters. The number of tetrazole rings is 1. The van der Waals surface area contributed by atoms with Gasteiger partial charge >= 0.3 is 0 Å². The summed E-state index contributed by atoms with van der Waals surface area (Å²) in [7, 11) is 0. The van der Waals surface area contributed by atoms with Gasteiger partial charge < -0.3 is 4.90 Å². The fraction of sp³-hybridized carbons (Fsp3) is 0.533. The molecule has 0 saturated carbocycles. The van der Waals surface area contributed by atoms with Crippen molar-refractivity contribution in [2.45, 2.75) is 39.7 Å². The fourth-order valence-corrected chi connectivity index (χ4v) is 3.12. The lowest BCUT2D eigenvalue weighted by Gasteiger charge is -2.24. The van der Waals surface area contributed by atoms with Gasteiger partial charge in [0, 0.05) is 23.2 Å². The Balaban J connectivity index is 2.02. The SMILES string of the molecule is CC(C)Cn1nnnc1N1CCCCc2ccc(Br)cc21. The molecule has 1 aliphatic heterocycles. The first-order valence-corrected chi connectivity index (χ1v) is 8.26. The second kappa shape index (κ2) is 6.13. The molecule has 0 spiro atoms. The van der Waals surface area contributed by atoms with Crippen LogP contribution < -0.4 is 4.90 Å². The molecular formula is C15H20BrN5. The van der Waals surface area contributed by atoms with Crippen molar-refractivity contribution in [3.05, 3.63) is 28.2 Å². The summed E-state index contributed by atoms with van der Waals surface area (Å²) in [6.07, 6.45) is 3.47. The van der Waals surface area contributed by atoms with Crippen LogP contribution in [0.5, 0.6) is 0 Å².